The molecule has 1 aromatic carbocycles. The average molecular weight is 658 g/mol. The molecule has 3 aliphatic rings. The Morgan fingerprint density at radius 2 is 1.77 bits per heavy atom. The van der Waals surface area contributed by atoms with Gasteiger partial charge in [0.05, 0.1) is 17.5 Å². The van der Waals surface area contributed by atoms with Gasteiger partial charge in [-0.2, -0.15) is 0 Å². The molecule has 0 aromatic heterocycles. The molecule has 262 valence electrons. The molecule has 2 heterocycles. The van der Waals surface area contributed by atoms with Gasteiger partial charge in [0.2, 0.25) is 11.8 Å². The molecule has 0 bridgehead atoms. The summed E-state index contributed by atoms with van der Waals surface area (Å²) in [7, 11) is 1.63. The molecule has 47 heavy (non-hydrogen) atoms. The number of nitrogens with zero attached hydrogens (tertiary/aromatic N) is 4. The van der Waals surface area contributed by atoms with Crippen molar-refractivity contribution in [3.05, 3.63) is 18.2 Å². The van der Waals surface area contributed by atoms with E-state index < -0.39 is 29.1 Å². The number of anilines is 2. The number of hydrogen-bond donors (Lipinski definition) is 1. The van der Waals surface area contributed by atoms with Gasteiger partial charge in [-0.25, -0.2) is 4.79 Å². The first-order valence-corrected chi connectivity index (χ1v) is 17.1. The standard InChI is InChI=1S/C35H55N5O7/c1-9-37(10-2)18-16-36-30(41)24-20-25(23-38(22-24)33(44)47-34(3,4)5)31(42)40(26-12-13-26)27-14-15-29-28(21-27)39(17-11-19-45-8)32(43)35(6,7)46-29/h14-15,21,24-26H,9-13,16-20,22-23H2,1-8H3,(H,36,41)/t24-,25+/m0/s1. The maximum Gasteiger partial charge on any atom is 0.410 e. The van der Waals surface area contributed by atoms with E-state index >= 15 is 0 Å². The lowest BCUT2D eigenvalue weighted by molar-refractivity contribution is -0.133. The molecular formula is C35H55N5O7. The van der Waals surface area contributed by atoms with E-state index in [1.165, 1.54) is 4.90 Å². The Hall–Kier alpha value is -3.38. The monoisotopic (exact) mass is 657 g/mol. The van der Waals surface area contributed by atoms with Crippen molar-refractivity contribution >= 4 is 35.2 Å². The first-order valence-electron chi connectivity index (χ1n) is 17.1. The molecule has 1 N–H and O–H groups in total. The van der Waals surface area contributed by atoms with Gasteiger partial charge in [0.25, 0.3) is 5.91 Å². The molecule has 4 rings (SSSR count). The van der Waals surface area contributed by atoms with Gasteiger partial charge in [0.15, 0.2) is 5.60 Å². The van der Waals surface area contributed by atoms with Crippen LogP contribution in [0.3, 0.4) is 0 Å². The zero-order chi connectivity index (χ0) is 34.5. The average Bonchev–Trinajstić information content (AvgIpc) is 3.85. The zero-order valence-corrected chi connectivity index (χ0v) is 29.6. The van der Waals surface area contributed by atoms with E-state index in [1.807, 2.05) is 18.2 Å². The topological polar surface area (TPSA) is 121 Å². The summed E-state index contributed by atoms with van der Waals surface area (Å²) in [5.74, 6) is -1.06. The van der Waals surface area contributed by atoms with E-state index in [0.717, 1.165) is 32.5 Å². The predicted molar refractivity (Wildman–Crippen MR) is 181 cm³/mol. The number of benzene rings is 1. The minimum absolute atomic E-state index is 0.00241. The van der Waals surface area contributed by atoms with Crippen LogP contribution in [0.15, 0.2) is 18.2 Å². The lowest BCUT2D eigenvalue weighted by atomic mass is 9.87. The number of likely N-dealkylation sites (N-methyl/N-ethyl adjacent to an activating group) is 1. The highest BCUT2D eigenvalue weighted by Crippen LogP contribution is 2.43. The van der Waals surface area contributed by atoms with Crippen LogP contribution in [0.5, 0.6) is 5.75 Å². The van der Waals surface area contributed by atoms with Crippen LogP contribution < -0.4 is 19.9 Å². The third-order valence-electron chi connectivity index (χ3n) is 8.96. The molecule has 2 atom stereocenters. The Balaban J connectivity index is 1.60. The number of rotatable bonds is 13. The molecule has 1 aliphatic carbocycles. The number of hydrogen-bond acceptors (Lipinski definition) is 8. The number of amides is 4. The number of ether oxygens (including phenoxy) is 3. The third kappa shape index (κ3) is 9.16. The molecule has 0 radical (unpaired) electrons. The molecule has 0 spiro atoms. The minimum atomic E-state index is -1.03. The van der Waals surface area contributed by atoms with Crippen molar-refractivity contribution in [2.45, 2.75) is 91.4 Å². The molecule has 12 nitrogen and oxygen atoms in total. The fraction of sp³-hybridized carbons (Fsp3) is 0.714. The Morgan fingerprint density at radius 1 is 1.09 bits per heavy atom. The maximum atomic E-state index is 14.5. The predicted octanol–water partition coefficient (Wildman–Crippen LogP) is 4.05. The Morgan fingerprint density at radius 3 is 2.38 bits per heavy atom. The van der Waals surface area contributed by atoms with Crippen molar-refractivity contribution < 1.29 is 33.4 Å². The number of carbonyl (C=O) groups excluding carboxylic acids is 4. The van der Waals surface area contributed by atoms with Gasteiger partial charge < -0.3 is 39.1 Å². The zero-order valence-electron chi connectivity index (χ0n) is 29.6. The summed E-state index contributed by atoms with van der Waals surface area (Å²) in [6, 6.07) is 5.54. The lowest BCUT2D eigenvalue weighted by Gasteiger charge is -2.40. The van der Waals surface area contributed by atoms with Gasteiger partial charge in [0, 0.05) is 58.2 Å². The highest BCUT2D eigenvalue weighted by Gasteiger charge is 2.45. The number of methoxy groups -OCH3 is 1. The third-order valence-corrected chi connectivity index (χ3v) is 8.96. The van der Waals surface area contributed by atoms with Crippen LogP contribution in [-0.2, 0) is 23.9 Å². The summed E-state index contributed by atoms with van der Waals surface area (Å²) < 4.78 is 17.0. The number of carbonyl (C=O) groups is 4. The van der Waals surface area contributed by atoms with Crippen molar-refractivity contribution in [3.63, 3.8) is 0 Å². The first kappa shape index (κ1) is 36.5. The number of fused-ring (bicyclic) bond motifs is 1. The normalized spacial score (nSPS) is 20.8. The van der Waals surface area contributed by atoms with Gasteiger partial charge in [-0.05, 0) is 91.6 Å². The summed E-state index contributed by atoms with van der Waals surface area (Å²) in [4.78, 5) is 61.9. The fourth-order valence-corrected chi connectivity index (χ4v) is 6.31. The quantitative estimate of drug-likeness (QED) is 0.316. The van der Waals surface area contributed by atoms with Gasteiger partial charge >= 0.3 is 6.09 Å². The van der Waals surface area contributed by atoms with Crippen LogP contribution in [0.4, 0.5) is 16.2 Å². The number of likely N-dealkylation sites (tertiary alicyclic amines) is 1. The molecule has 1 saturated heterocycles. The van der Waals surface area contributed by atoms with E-state index in [9.17, 15) is 19.2 Å². The van der Waals surface area contributed by atoms with Crippen LogP contribution >= 0.6 is 0 Å². The Labute approximate surface area is 280 Å². The maximum absolute atomic E-state index is 14.5. The van der Waals surface area contributed by atoms with E-state index in [-0.39, 0.29) is 36.9 Å². The van der Waals surface area contributed by atoms with Crippen LogP contribution in [0, 0.1) is 11.8 Å². The van der Waals surface area contributed by atoms with E-state index in [4.69, 9.17) is 14.2 Å². The largest absolute Gasteiger partial charge is 0.476 e. The lowest BCUT2D eigenvalue weighted by Crippen LogP contribution is -2.54. The SMILES string of the molecule is CCN(CC)CCNC(=O)[C@H]1C[C@@H](C(=O)N(c2ccc3c(c2)N(CCCOC)C(=O)C(C)(C)O3)C2CC2)CN(C(=O)OC(C)(C)C)C1. The van der Waals surface area contributed by atoms with Crippen molar-refractivity contribution in [2.75, 3.05) is 69.3 Å². The van der Waals surface area contributed by atoms with Gasteiger partial charge in [-0.3, -0.25) is 14.4 Å². The summed E-state index contributed by atoms with van der Waals surface area (Å²) in [6.45, 7) is 17.4. The molecule has 2 aliphatic heterocycles. The second-order valence-corrected chi connectivity index (χ2v) is 14.3. The van der Waals surface area contributed by atoms with Crippen molar-refractivity contribution in [1.29, 1.82) is 0 Å². The van der Waals surface area contributed by atoms with Crippen molar-refractivity contribution in [2.24, 2.45) is 11.8 Å². The van der Waals surface area contributed by atoms with E-state index in [1.54, 1.807) is 51.5 Å². The van der Waals surface area contributed by atoms with Crippen molar-refractivity contribution in [3.8, 4) is 5.75 Å². The minimum Gasteiger partial charge on any atom is -0.476 e. The molecule has 0 unspecified atom stereocenters. The Bertz CT molecular complexity index is 1290. The molecule has 2 fully saturated rings. The van der Waals surface area contributed by atoms with Gasteiger partial charge in [-0.1, -0.05) is 13.8 Å². The second-order valence-electron chi connectivity index (χ2n) is 14.3. The van der Waals surface area contributed by atoms with Gasteiger partial charge in [-0.15, -0.1) is 0 Å². The summed E-state index contributed by atoms with van der Waals surface area (Å²) in [5, 5.41) is 3.04. The second kappa shape index (κ2) is 15.2. The van der Waals surface area contributed by atoms with E-state index in [2.05, 4.69) is 24.1 Å². The summed E-state index contributed by atoms with van der Waals surface area (Å²) in [5.41, 5.74) is -0.464. The molecule has 4 amide bonds. The highest BCUT2D eigenvalue weighted by molar-refractivity contribution is 6.04. The summed E-state index contributed by atoms with van der Waals surface area (Å²) in [6.07, 6.45) is 2.13. The van der Waals surface area contributed by atoms with E-state index in [0.29, 0.717) is 49.7 Å². The van der Waals surface area contributed by atoms with Crippen molar-refractivity contribution in [1.82, 2.24) is 15.1 Å². The highest BCUT2D eigenvalue weighted by atomic mass is 16.6. The molecular weight excluding hydrogens is 602 g/mol. The fourth-order valence-electron chi connectivity index (χ4n) is 6.31. The number of piperidine rings is 1. The van der Waals surface area contributed by atoms with Crippen LogP contribution in [0.25, 0.3) is 0 Å². The van der Waals surface area contributed by atoms with Gasteiger partial charge in [0.1, 0.15) is 11.4 Å². The molecule has 1 saturated carbocycles. The first-order chi connectivity index (χ1) is 22.2. The summed E-state index contributed by atoms with van der Waals surface area (Å²) >= 11 is 0. The molecule has 1 aromatic rings. The smallest absolute Gasteiger partial charge is 0.410 e. The van der Waals surface area contributed by atoms with Crippen LogP contribution in [-0.4, -0.2) is 110 Å². The van der Waals surface area contributed by atoms with Crippen LogP contribution in [0.1, 0.15) is 74.1 Å². The molecule has 12 heteroatoms. The Kier molecular flexibility index (Phi) is 11.8. The van der Waals surface area contributed by atoms with Crippen LogP contribution in [0.2, 0.25) is 0 Å². The number of nitrogens with one attached hydrogen (secondary N) is 1.